The van der Waals surface area contributed by atoms with Crippen LogP contribution in [0.4, 0.5) is 17.6 Å². The monoisotopic (exact) mass is 304 g/mol. The third-order valence-electron chi connectivity index (χ3n) is 3.42. The second-order valence-electron chi connectivity index (χ2n) is 5.17. The molecule has 0 atom stereocenters. The van der Waals surface area contributed by atoms with E-state index in [9.17, 15) is 22.4 Å². The number of aryl methyl sites for hydroxylation is 1. The van der Waals surface area contributed by atoms with Crippen LogP contribution in [-0.2, 0) is 0 Å². The molecule has 0 unspecified atom stereocenters. The van der Waals surface area contributed by atoms with Gasteiger partial charge in [0, 0.05) is 26.2 Å². The minimum atomic E-state index is -4.24. The minimum Gasteiger partial charge on any atom is -0.336 e. The molecule has 1 aromatic carbocycles. The molecule has 0 bridgehead atoms. The van der Waals surface area contributed by atoms with Gasteiger partial charge >= 0.3 is 6.18 Å². The fraction of sp³-hybridized carbons (Fsp3) is 0.500. The van der Waals surface area contributed by atoms with E-state index in [1.54, 1.807) is 13.0 Å². The van der Waals surface area contributed by atoms with Crippen molar-refractivity contribution in [1.82, 2.24) is 9.80 Å². The number of carbonyl (C=O) groups is 1. The van der Waals surface area contributed by atoms with Crippen LogP contribution in [0.3, 0.4) is 0 Å². The van der Waals surface area contributed by atoms with Crippen molar-refractivity contribution in [2.75, 3.05) is 32.7 Å². The molecule has 21 heavy (non-hydrogen) atoms. The maximum absolute atomic E-state index is 13.7. The number of benzene rings is 1. The molecule has 1 aromatic rings. The largest absolute Gasteiger partial charge is 0.401 e. The fourth-order valence-electron chi connectivity index (χ4n) is 2.33. The van der Waals surface area contributed by atoms with Gasteiger partial charge in [0.15, 0.2) is 0 Å². The highest BCUT2D eigenvalue weighted by molar-refractivity contribution is 5.94. The summed E-state index contributed by atoms with van der Waals surface area (Å²) in [5.41, 5.74) is 0.670. The molecule has 1 aliphatic heterocycles. The average Bonchev–Trinajstić information content (AvgIpc) is 2.37. The summed E-state index contributed by atoms with van der Waals surface area (Å²) in [4.78, 5) is 14.8. The number of rotatable bonds is 2. The molecule has 1 aliphatic rings. The predicted octanol–water partition coefficient (Wildman–Crippen LogP) is 2.45. The van der Waals surface area contributed by atoms with E-state index in [4.69, 9.17) is 0 Å². The van der Waals surface area contributed by atoms with Gasteiger partial charge in [0.05, 0.1) is 12.1 Å². The topological polar surface area (TPSA) is 23.6 Å². The second-order valence-corrected chi connectivity index (χ2v) is 5.17. The lowest BCUT2D eigenvalue weighted by atomic mass is 10.1. The van der Waals surface area contributed by atoms with Crippen molar-refractivity contribution in [2.24, 2.45) is 0 Å². The molecule has 1 fully saturated rings. The Balaban J connectivity index is 1.97. The van der Waals surface area contributed by atoms with Crippen LogP contribution >= 0.6 is 0 Å². The number of amides is 1. The average molecular weight is 304 g/mol. The second kappa shape index (κ2) is 6.01. The Labute approximate surface area is 120 Å². The van der Waals surface area contributed by atoms with E-state index in [-0.39, 0.29) is 31.7 Å². The summed E-state index contributed by atoms with van der Waals surface area (Å²) in [6.07, 6.45) is -4.24. The summed E-state index contributed by atoms with van der Waals surface area (Å²) < 4.78 is 50.6. The highest BCUT2D eigenvalue weighted by Gasteiger charge is 2.33. The van der Waals surface area contributed by atoms with Crippen LogP contribution in [0.1, 0.15) is 15.9 Å². The molecular weight excluding hydrogens is 288 g/mol. The first-order valence-corrected chi connectivity index (χ1v) is 6.61. The number of nitrogens with zero attached hydrogens (tertiary/aromatic N) is 2. The maximum atomic E-state index is 13.7. The van der Waals surface area contributed by atoms with E-state index in [2.05, 4.69) is 0 Å². The van der Waals surface area contributed by atoms with E-state index in [0.717, 1.165) is 0 Å². The Bertz CT molecular complexity index is 522. The zero-order chi connectivity index (χ0) is 15.6. The summed E-state index contributed by atoms with van der Waals surface area (Å²) in [5, 5.41) is 0. The number of halogens is 4. The Morgan fingerprint density at radius 3 is 2.33 bits per heavy atom. The molecule has 116 valence electrons. The lowest BCUT2D eigenvalue weighted by Crippen LogP contribution is -2.51. The van der Waals surface area contributed by atoms with Crippen molar-refractivity contribution in [2.45, 2.75) is 13.1 Å². The van der Waals surface area contributed by atoms with Gasteiger partial charge in [0.2, 0.25) is 0 Å². The van der Waals surface area contributed by atoms with Crippen molar-refractivity contribution in [3.63, 3.8) is 0 Å². The Morgan fingerprint density at radius 2 is 1.81 bits per heavy atom. The van der Waals surface area contributed by atoms with Gasteiger partial charge in [0.25, 0.3) is 5.91 Å². The van der Waals surface area contributed by atoms with Crippen molar-refractivity contribution < 1.29 is 22.4 Å². The molecule has 1 saturated heterocycles. The van der Waals surface area contributed by atoms with Gasteiger partial charge in [-0.2, -0.15) is 13.2 Å². The van der Waals surface area contributed by atoms with Crippen LogP contribution in [0, 0.1) is 12.7 Å². The Kier molecular flexibility index (Phi) is 4.51. The summed E-state index contributed by atoms with van der Waals surface area (Å²) in [5.74, 6) is -1.07. The van der Waals surface area contributed by atoms with E-state index in [1.807, 2.05) is 0 Å². The molecule has 0 radical (unpaired) electrons. The van der Waals surface area contributed by atoms with Gasteiger partial charge in [-0.25, -0.2) is 4.39 Å². The Hall–Kier alpha value is -1.63. The van der Waals surface area contributed by atoms with Crippen molar-refractivity contribution in [1.29, 1.82) is 0 Å². The van der Waals surface area contributed by atoms with Crippen LogP contribution in [0.25, 0.3) is 0 Å². The first kappa shape index (κ1) is 15.8. The molecule has 0 saturated carbocycles. The lowest BCUT2D eigenvalue weighted by Gasteiger charge is -2.35. The zero-order valence-corrected chi connectivity index (χ0v) is 11.6. The van der Waals surface area contributed by atoms with Gasteiger partial charge in [-0.1, -0.05) is 6.07 Å². The first-order chi connectivity index (χ1) is 9.76. The highest BCUT2D eigenvalue weighted by atomic mass is 19.4. The molecule has 0 aliphatic carbocycles. The smallest absolute Gasteiger partial charge is 0.336 e. The summed E-state index contributed by atoms with van der Waals surface area (Å²) >= 11 is 0. The maximum Gasteiger partial charge on any atom is 0.401 e. The van der Waals surface area contributed by atoms with E-state index in [0.29, 0.717) is 5.56 Å². The molecular formula is C14H16F4N2O. The van der Waals surface area contributed by atoms with Crippen LogP contribution < -0.4 is 0 Å². The zero-order valence-electron chi connectivity index (χ0n) is 11.6. The fourth-order valence-corrected chi connectivity index (χ4v) is 2.33. The third kappa shape index (κ3) is 4.17. The number of alkyl halides is 3. The van der Waals surface area contributed by atoms with Crippen LogP contribution in [0.5, 0.6) is 0 Å². The predicted molar refractivity (Wildman–Crippen MR) is 69.5 cm³/mol. The van der Waals surface area contributed by atoms with Gasteiger partial charge in [0.1, 0.15) is 5.82 Å². The van der Waals surface area contributed by atoms with E-state index < -0.39 is 24.4 Å². The van der Waals surface area contributed by atoms with Crippen molar-refractivity contribution >= 4 is 5.91 Å². The number of hydrogen-bond donors (Lipinski definition) is 0. The molecule has 0 spiro atoms. The molecule has 0 N–H and O–H groups in total. The Morgan fingerprint density at radius 1 is 1.19 bits per heavy atom. The SMILES string of the molecule is Cc1ccc(C(=O)N2CCN(CC(F)(F)F)CC2)c(F)c1. The third-order valence-corrected chi connectivity index (χ3v) is 3.42. The van der Waals surface area contributed by atoms with Crippen LogP contribution in [-0.4, -0.2) is 54.6 Å². The molecule has 1 heterocycles. The molecule has 1 amide bonds. The van der Waals surface area contributed by atoms with Crippen LogP contribution in [0.15, 0.2) is 18.2 Å². The van der Waals surface area contributed by atoms with Crippen LogP contribution in [0.2, 0.25) is 0 Å². The summed E-state index contributed by atoms with van der Waals surface area (Å²) in [7, 11) is 0. The van der Waals surface area contributed by atoms with Crippen molar-refractivity contribution in [3.05, 3.63) is 35.1 Å². The van der Waals surface area contributed by atoms with Crippen molar-refractivity contribution in [3.8, 4) is 0 Å². The summed E-state index contributed by atoms with van der Waals surface area (Å²) in [6.45, 7) is 1.35. The normalized spacial score (nSPS) is 17.1. The summed E-state index contributed by atoms with van der Waals surface area (Å²) in [6, 6.07) is 4.32. The van der Waals surface area contributed by atoms with Gasteiger partial charge in [-0.15, -0.1) is 0 Å². The van der Waals surface area contributed by atoms with Gasteiger partial charge < -0.3 is 4.90 Å². The van der Waals surface area contributed by atoms with Gasteiger partial charge in [-0.05, 0) is 24.6 Å². The standard InChI is InChI=1S/C14H16F4N2O/c1-10-2-3-11(12(15)8-10)13(21)20-6-4-19(5-7-20)9-14(16,17)18/h2-3,8H,4-7,9H2,1H3. The first-order valence-electron chi connectivity index (χ1n) is 6.61. The number of piperazine rings is 1. The quantitative estimate of drug-likeness (QED) is 0.784. The minimum absolute atomic E-state index is 0.0372. The molecule has 7 heteroatoms. The van der Waals surface area contributed by atoms with E-state index >= 15 is 0 Å². The number of carbonyl (C=O) groups excluding carboxylic acids is 1. The lowest BCUT2D eigenvalue weighted by molar-refractivity contribution is -0.148. The molecule has 3 nitrogen and oxygen atoms in total. The molecule has 2 rings (SSSR count). The number of hydrogen-bond acceptors (Lipinski definition) is 2. The molecule has 0 aromatic heterocycles. The van der Waals surface area contributed by atoms with E-state index in [1.165, 1.54) is 21.9 Å². The highest BCUT2D eigenvalue weighted by Crippen LogP contribution is 2.19. The van der Waals surface area contributed by atoms with Gasteiger partial charge in [-0.3, -0.25) is 9.69 Å².